The molecule has 0 atom stereocenters. The van der Waals surface area contributed by atoms with E-state index in [1.54, 1.807) is 6.07 Å². The number of hydrogen-bond acceptors (Lipinski definition) is 4. The van der Waals surface area contributed by atoms with Gasteiger partial charge in [-0.25, -0.2) is 14.4 Å². The van der Waals surface area contributed by atoms with Gasteiger partial charge < -0.3 is 9.80 Å². The number of fused-ring (bicyclic) bond motifs is 1. The summed E-state index contributed by atoms with van der Waals surface area (Å²) in [4.78, 5) is 13.2. The van der Waals surface area contributed by atoms with Gasteiger partial charge in [-0.15, -0.1) is 0 Å². The van der Waals surface area contributed by atoms with Crippen LogP contribution in [0, 0.1) is 11.7 Å². The highest BCUT2D eigenvalue weighted by atomic mass is 19.1. The number of nitrogens with zero attached hydrogens (tertiary/aromatic N) is 4. The first-order chi connectivity index (χ1) is 13.2. The zero-order chi connectivity index (χ0) is 18.6. The van der Waals surface area contributed by atoms with Crippen molar-refractivity contribution in [2.45, 2.75) is 19.4 Å². The van der Waals surface area contributed by atoms with Crippen molar-refractivity contribution in [3.63, 3.8) is 0 Å². The second-order valence-corrected chi connectivity index (χ2v) is 7.45. The summed E-state index contributed by atoms with van der Waals surface area (Å²) < 4.78 is 14.0. The molecule has 0 saturated carbocycles. The maximum atomic E-state index is 14.0. The molecule has 4 rings (SSSR count). The summed E-state index contributed by atoms with van der Waals surface area (Å²) in [6.07, 6.45) is 3.72. The SMILES string of the molecule is CN(Cc1ccccc1)CC1CCN(c2ncnc3c(F)cccc23)CC1. The monoisotopic (exact) mass is 364 g/mol. The summed E-state index contributed by atoms with van der Waals surface area (Å²) in [5.41, 5.74) is 1.76. The summed E-state index contributed by atoms with van der Waals surface area (Å²) in [7, 11) is 2.19. The van der Waals surface area contributed by atoms with E-state index < -0.39 is 0 Å². The topological polar surface area (TPSA) is 32.3 Å². The number of hydrogen-bond donors (Lipinski definition) is 0. The quantitative estimate of drug-likeness (QED) is 0.682. The van der Waals surface area contributed by atoms with Gasteiger partial charge in [0.05, 0.1) is 0 Å². The number of benzene rings is 2. The van der Waals surface area contributed by atoms with Crippen molar-refractivity contribution >= 4 is 16.7 Å². The minimum Gasteiger partial charge on any atom is -0.356 e. The number of halogens is 1. The third kappa shape index (κ3) is 4.08. The van der Waals surface area contributed by atoms with Crippen molar-refractivity contribution in [1.82, 2.24) is 14.9 Å². The van der Waals surface area contributed by atoms with Gasteiger partial charge in [0.2, 0.25) is 0 Å². The Bertz CT molecular complexity index is 891. The van der Waals surface area contributed by atoms with Gasteiger partial charge in [-0.2, -0.15) is 0 Å². The molecule has 4 nitrogen and oxygen atoms in total. The molecule has 0 bridgehead atoms. The molecule has 140 valence electrons. The molecular formula is C22H25FN4. The minimum absolute atomic E-state index is 0.284. The molecule has 27 heavy (non-hydrogen) atoms. The van der Waals surface area contributed by atoms with Crippen LogP contribution in [0.25, 0.3) is 10.9 Å². The van der Waals surface area contributed by atoms with Crippen LogP contribution in [0.5, 0.6) is 0 Å². The zero-order valence-corrected chi connectivity index (χ0v) is 15.7. The van der Waals surface area contributed by atoms with Gasteiger partial charge >= 0.3 is 0 Å². The van der Waals surface area contributed by atoms with Crippen molar-refractivity contribution in [2.24, 2.45) is 5.92 Å². The largest absolute Gasteiger partial charge is 0.356 e. The maximum absolute atomic E-state index is 14.0. The van der Waals surface area contributed by atoms with E-state index in [9.17, 15) is 4.39 Å². The lowest BCUT2D eigenvalue weighted by atomic mass is 9.96. The molecular weight excluding hydrogens is 339 g/mol. The first kappa shape index (κ1) is 17.9. The molecule has 0 amide bonds. The summed E-state index contributed by atoms with van der Waals surface area (Å²) in [6, 6.07) is 15.7. The van der Waals surface area contributed by atoms with Crippen LogP contribution in [-0.2, 0) is 6.54 Å². The second-order valence-electron chi connectivity index (χ2n) is 7.45. The second kappa shape index (κ2) is 8.01. The molecule has 1 aliphatic rings. The maximum Gasteiger partial charge on any atom is 0.149 e. The molecule has 1 fully saturated rings. The number of rotatable bonds is 5. The molecule has 3 aromatic rings. The lowest BCUT2D eigenvalue weighted by Crippen LogP contribution is -2.38. The van der Waals surface area contributed by atoms with E-state index in [1.807, 2.05) is 6.07 Å². The molecule has 1 saturated heterocycles. The Hall–Kier alpha value is -2.53. The van der Waals surface area contributed by atoms with Crippen LogP contribution in [0.4, 0.5) is 10.2 Å². The van der Waals surface area contributed by atoms with E-state index in [0.717, 1.165) is 50.2 Å². The first-order valence-electron chi connectivity index (χ1n) is 9.57. The Morgan fingerprint density at radius 2 is 1.81 bits per heavy atom. The zero-order valence-electron chi connectivity index (χ0n) is 15.7. The van der Waals surface area contributed by atoms with Crippen LogP contribution in [0.3, 0.4) is 0 Å². The summed E-state index contributed by atoms with van der Waals surface area (Å²) in [6.45, 7) is 3.98. The Kier molecular flexibility index (Phi) is 5.30. The minimum atomic E-state index is -0.284. The van der Waals surface area contributed by atoms with Crippen molar-refractivity contribution in [3.8, 4) is 0 Å². The van der Waals surface area contributed by atoms with Gasteiger partial charge in [-0.05, 0) is 43.5 Å². The van der Waals surface area contributed by atoms with E-state index in [0.29, 0.717) is 11.4 Å². The Morgan fingerprint density at radius 3 is 2.59 bits per heavy atom. The van der Waals surface area contributed by atoms with Crippen LogP contribution in [0.2, 0.25) is 0 Å². The Balaban J connectivity index is 1.37. The van der Waals surface area contributed by atoms with Gasteiger partial charge in [-0.1, -0.05) is 36.4 Å². The third-order valence-electron chi connectivity index (χ3n) is 5.37. The molecule has 0 unspecified atom stereocenters. The predicted octanol–water partition coefficient (Wildman–Crippen LogP) is 4.12. The molecule has 2 heterocycles. The average Bonchev–Trinajstić information content (AvgIpc) is 2.69. The van der Waals surface area contributed by atoms with Crippen molar-refractivity contribution in [2.75, 3.05) is 31.6 Å². The summed E-state index contributed by atoms with van der Waals surface area (Å²) in [5, 5.41) is 0.803. The van der Waals surface area contributed by atoms with Gasteiger partial charge in [0.1, 0.15) is 23.5 Å². The number of para-hydroxylation sites is 1. The summed E-state index contributed by atoms with van der Waals surface area (Å²) in [5.74, 6) is 1.25. The average molecular weight is 364 g/mol. The van der Waals surface area contributed by atoms with Crippen molar-refractivity contribution in [3.05, 3.63) is 66.2 Å². The van der Waals surface area contributed by atoms with Gasteiger partial charge in [0.25, 0.3) is 0 Å². The van der Waals surface area contributed by atoms with Crippen LogP contribution in [-0.4, -0.2) is 41.5 Å². The number of piperidine rings is 1. The lowest BCUT2D eigenvalue weighted by Gasteiger charge is -2.35. The van der Waals surface area contributed by atoms with Gasteiger partial charge in [0, 0.05) is 31.6 Å². The molecule has 0 spiro atoms. The highest BCUT2D eigenvalue weighted by Gasteiger charge is 2.23. The Morgan fingerprint density at radius 1 is 1.04 bits per heavy atom. The van der Waals surface area contributed by atoms with Crippen molar-refractivity contribution < 1.29 is 4.39 Å². The Labute approximate surface area is 159 Å². The van der Waals surface area contributed by atoms with Crippen LogP contribution < -0.4 is 4.90 Å². The highest BCUT2D eigenvalue weighted by Crippen LogP contribution is 2.28. The van der Waals surface area contributed by atoms with E-state index in [-0.39, 0.29) is 5.82 Å². The van der Waals surface area contributed by atoms with Crippen LogP contribution >= 0.6 is 0 Å². The molecule has 0 N–H and O–H groups in total. The van der Waals surface area contributed by atoms with E-state index in [4.69, 9.17) is 0 Å². The number of anilines is 1. The van der Waals surface area contributed by atoms with E-state index in [1.165, 1.54) is 18.0 Å². The van der Waals surface area contributed by atoms with Gasteiger partial charge in [-0.3, -0.25) is 0 Å². The molecule has 0 aliphatic carbocycles. The fourth-order valence-corrected chi connectivity index (χ4v) is 4.02. The molecule has 5 heteroatoms. The molecule has 1 aromatic heterocycles. The lowest BCUT2D eigenvalue weighted by molar-refractivity contribution is 0.242. The third-order valence-corrected chi connectivity index (χ3v) is 5.37. The standard InChI is InChI=1S/C22H25FN4/c1-26(14-17-6-3-2-4-7-17)15-18-10-12-27(13-11-18)22-19-8-5-9-20(23)21(19)24-16-25-22/h2-9,16,18H,10-15H2,1H3. The predicted molar refractivity (Wildman–Crippen MR) is 107 cm³/mol. The fourth-order valence-electron chi connectivity index (χ4n) is 4.02. The first-order valence-corrected chi connectivity index (χ1v) is 9.57. The smallest absolute Gasteiger partial charge is 0.149 e. The number of aromatic nitrogens is 2. The van der Waals surface area contributed by atoms with Crippen molar-refractivity contribution in [1.29, 1.82) is 0 Å². The molecule has 2 aromatic carbocycles. The van der Waals surface area contributed by atoms with E-state index >= 15 is 0 Å². The summed E-state index contributed by atoms with van der Waals surface area (Å²) >= 11 is 0. The van der Waals surface area contributed by atoms with E-state index in [2.05, 4.69) is 57.1 Å². The van der Waals surface area contributed by atoms with Crippen LogP contribution in [0.1, 0.15) is 18.4 Å². The van der Waals surface area contributed by atoms with Crippen LogP contribution in [0.15, 0.2) is 54.9 Å². The fraction of sp³-hybridized carbons (Fsp3) is 0.364. The molecule has 1 aliphatic heterocycles. The highest BCUT2D eigenvalue weighted by molar-refractivity contribution is 5.89. The molecule has 0 radical (unpaired) electrons. The normalized spacial score (nSPS) is 15.6. The van der Waals surface area contributed by atoms with Gasteiger partial charge in [0.15, 0.2) is 0 Å².